The van der Waals surface area contributed by atoms with Gasteiger partial charge in [0.05, 0.1) is 5.69 Å². The van der Waals surface area contributed by atoms with E-state index in [-0.39, 0.29) is 5.91 Å². The van der Waals surface area contributed by atoms with Gasteiger partial charge in [0, 0.05) is 30.4 Å². The zero-order valence-electron chi connectivity index (χ0n) is 11.6. The van der Waals surface area contributed by atoms with Gasteiger partial charge in [-0.25, -0.2) is 0 Å². The highest BCUT2D eigenvalue weighted by atomic mass is 16.1. The molecule has 100 valence electrons. The van der Waals surface area contributed by atoms with Crippen LogP contribution in [0, 0.1) is 13.8 Å². The van der Waals surface area contributed by atoms with E-state index in [1.54, 1.807) is 0 Å². The van der Waals surface area contributed by atoms with Crippen molar-refractivity contribution in [3.05, 3.63) is 52.8 Å². The Balaban J connectivity index is 2.00. The van der Waals surface area contributed by atoms with Crippen molar-refractivity contribution < 1.29 is 4.79 Å². The molecule has 0 saturated heterocycles. The molecule has 2 rings (SSSR count). The van der Waals surface area contributed by atoms with Crippen molar-refractivity contribution in [3.63, 3.8) is 0 Å². The van der Waals surface area contributed by atoms with E-state index in [1.807, 2.05) is 55.9 Å². The van der Waals surface area contributed by atoms with E-state index in [0.717, 1.165) is 23.4 Å². The minimum atomic E-state index is -0.0522. The first kappa shape index (κ1) is 13.3. The number of carbonyl (C=O) groups is 1. The molecule has 19 heavy (non-hydrogen) atoms. The zero-order chi connectivity index (χ0) is 13.8. The van der Waals surface area contributed by atoms with Gasteiger partial charge in [0.2, 0.25) is 0 Å². The van der Waals surface area contributed by atoms with Crippen molar-refractivity contribution in [2.45, 2.75) is 33.9 Å². The third-order valence-electron chi connectivity index (χ3n) is 3.13. The fourth-order valence-electron chi connectivity index (χ4n) is 1.88. The van der Waals surface area contributed by atoms with Crippen LogP contribution in [0.3, 0.4) is 0 Å². The Bertz CT molecular complexity index is 570. The fourth-order valence-corrected chi connectivity index (χ4v) is 1.88. The van der Waals surface area contributed by atoms with Gasteiger partial charge in [-0.3, -0.25) is 9.48 Å². The normalized spacial score (nSPS) is 10.5. The van der Waals surface area contributed by atoms with E-state index in [2.05, 4.69) is 10.4 Å². The van der Waals surface area contributed by atoms with Gasteiger partial charge >= 0.3 is 0 Å². The van der Waals surface area contributed by atoms with Gasteiger partial charge in [0.1, 0.15) is 0 Å². The molecule has 0 aliphatic rings. The van der Waals surface area contributed by atoms with Crippen LogP contribution in [0.15, 0.2) is 30.5 Å². The first-order valence-electron chi connectivity index (χ1n) is 6.48. The Morgan fingerprint density at radius 1 is 1.26 bits per heavy atom. The Hall–Kier alpha value is -2.10. The van der Waals surface area contributed by atoms with Gasteiger partial charge in [-0.2, -0.15) is 5.10 Å². The Morgan fingerprint density at radius 2 is 1.95 bits per heavy atom. The highest BCUT2D eigenvalue weighted by Gasteiger charge is 2.08. The van der Waals surface area contributed by atoms with Gasteiger partial charge in [0.25, 0.3) is 5.91 Å². The molecule has 1 aromatic heterocycles. The number of aryl methyl sites for hydroxylation is 3. The number of benzene rings is 1. The SMILES string of the molecule is CCn1cc(CNC(=O)c2ccc(C)cc2)c(C)n1. The summed E-state index contributed by atoms with van der Waals surface area (Å²) in [5.74, 6) is -0.0522. The third-order valence-corrected chi connectivity index (χ3v) is 3.13. The lowest BCUT2D eigenvalue weighted by Crippen LogP contribution is -2.22. The summed E-state index contributed by atoms with van der Waals surface area (Å²) in [5, 5.41) is 7.28. The van der Waals surface area contributed by atoms with Gasteiger partial charge in [-0.1, -0.05) is 17.7 Å². The standard InChI is InChI=1S/C15H19N3O/c1-4-18-10-14(12(3)17-18)9-16-15(19)13-7-5-11(2)6-8-13/h5-8,10H,4,9H2,1-3H3,(H,16,19). The van der Waals surface area contributed by atoms with Gasteiger partial charge in [0.15, 0.2) is 0 Å². The molecule has 1 heterocycles. The molecule has 4 nitrogen and oxygen atoms in total. The van der Waals surface area contributed by atoms with E-state index in [9.17, 15) is 4.79 Å². The molecule has 0 saturated carbocycles. The number of aromatic nitrogens is 2. The number of rotatable bonds is 4. The molecule has 1 amide bonds. The second-order valence-corrected chi connectivity index (χ2v) is 4.64. The molecule has 2 aromatic rings. The Labute approximate surface area is 113 Å². The lowest BCUT2D eigenvalue weighted by Gasteiger charge is -2.04. The monoisotopic (exact) mass is 257 g/mol. The summed E-state index contributed by atoms with van der Waals surface area (Å²) in [7, 11) is 0. The number of amides is 1. The molecule has 4 heteroatoms. The highest BCUT2D eigenvalue weighted by molar-refractivity contribution is 5.94. The van der Waals surface area contributed by atoms with Crippen LogP contribution in [0.5, 0.6) is 0 Å². The van der Waals surface area contributed by atoms with Crippen LogP contribution >= 0.6 is 0 Å². The maximum atomic E-state index is 12.0. The first-order valence-corrected chi connectivity index (χ1v) is 6.48. The molecular formula is C15H19N3O. The number of carbonyl (C=O) groups excluding carboxylic acids is 1. The maximum absolute atomic E-state index is 12.0. The third kappa shape index (κ3) is 3.22. The smallest absolute Gasteiger partial charge is 0.251 e. The molecular weight excluding hydrogens is 238 g/mol. The molecule has 0 fully saturated rings. The zero-order valence-corrected chi connectivity index (χ0v) is 11.6. The van der Waals surface area contributed by atoms with Crippen molar-refractivity contribution in [3.8, 4) is 0 Å². The molecule has 1 N–H and O–H groups in total. The van der Waals surface area contributed by atoms with E-state index >= 15 is 0 Å². The van der Waals surface area contributed by atoms with Crippen molar-refractivity contribution in [1.29, 1.82) is 0 Å². The molecule has 0 bridgehead atoms. The summed E-state index contributed by atoms with van der Waals surface area (Å²) in [6.45, 7) is 7.36. The van der Waals surface area contributed by atoms with Crippen molar-refractivity contribution in [2.24, 2.45) is 0 Å². The van der Waals surface area contributed by atoms with Crippen LogP contribution in [-0.2, 0) is 13.1 Å². The van der Waals surface area contributed by atoms with Crippen LogP contribution in [-0.4, -0.2) is 15.7 Å². The summed E-state index contributed by atoms with van der Waals surface area (Å²) < 4.78 is 1.88. The van der Waals surface area contributed by atoms with Crippen molar-refractivity contribution in [1.82, 2.24) is 15.1 Å². The molecule has 0 radical (unpaired) electrons. The predicted molar refractivity (Wildman–Crippen MR) is 75.0 cm³/mol. The molecule has 0 unspecified atom stereocenters. The minimum absolute atomic E-state index is 0.0522. The molecule has 0 spiro atoms. The van der Waals surface area contributed by atoms with Crippen LogP contribution < -0.4 is 5.32 Å². The lowest BCUT2D eigenvalue weighted by atomic mass is 10.1. The summed E-state index contributed by atoms with van der Waals surface area (Å²) in [5.41, 5.74) is 3.86. The van der Waals surface area contributed by atoms with E-state index < -0.39 is 0 Å². The summed E-state index contributed by atoms with van der Waals surface area (Å²) in [6, 6.07) is 7.56. The summed E-state index contributed by atoms with van der Waals surface area (Å²) >= 11 is 0. The molecule has 1 aromatic carbocycles. The average Bonchev–Trinajstić information content (AvgIpc) is 2.77. The average molecular weight is 257 g/mol. The van der Waals surface area contributed by atoms with Gasteiger partial charge < -0.3 is 5.32 Å². The molecule has 0 aliphatic heterocycles. The van der Waals surface area contributed by atoms with Gasteiger partial charge in [-0.05, 0) is 32.9 Å². The second kappa shape index (κ2) is 5.69. The highest BCUT2D eigenvalue weighted by Crippen LogP contribution is 2.07. The second-order valence-electron chi connectivity index (χ2n) is 4.64. The quantitative estimate of drug-likeness (QED) is 0.914. The summed E-state index contributed by atoms with van der Waals surface area (Å²) in [4.78, 5) is 12.0. The van der Waals surface area contributed by atoms with Crippen LogP contribution in [0.2, 0.25) is 0 Å². The fraction of sp³-hybridized carbons (Fsp3) is 0.333. The van der Waals surface area contributed by atoms with E-state index in [0.29, 0.717) is 12.1 Å². The molecule has 0 aliphatic carbocycles. The van der Waals surface area contributed by atoms with Crippen LogP contribution in [0.1, 0.15) is 34.1 Å². The number of hydrogen-bond donors (Lipinski definition) is 1. The topological polar surface area (TPSA) is 46.9 Å². The minimum Gasteiger partial charge on any atom is -0.348 e. The lowest BCUT2D eigenvalue weighted by molar-refractivity contribution is 0.0951. The predicted octanol–water partition coefficient (Wildman–Crippen LogP) is 2.45. The number of nitrogens with one attached hydrogen (secondary N) is 1. The van der Waals surface area contributed by atoms with Gasteiger partial charge in [-0.15, -0.1) is 0 Å². The summed E-state index contributed by atoms with van der Waals surface area (Å²) in [6.07, 6.45) is 1.98. The Kier molecular flexibility index (Phi) is 4.00. The van der Waals surface area contributed by atoms with Crippen LogP contribution in [0.25, 0.3) is 0 Å². The molecule has 0 atom stereocenters. The van der Waals surface area contributed by atoms with E-state index in [1.165, 1.54) is 0 Å². The van der Waals surface area contributed by atoms with Crippen LogP contribution in [0.4, 0.5) is 0 Å². The number of hydrogen-bond acceptors (Lipinski definition) is 2. The van der Waals surface area contributed by atoms with Crippen molar-refractivity contribution >= 4 is 5.91 Å². The van der Waals surface area contributed by atoms with Crippen molar-refractivity contribution in [2.75, 3.05) is 0 Å². The first-order chi connectivity index (χ1) is 9.10. The Morgan fingerprint density at radius 3 is 2.53 bits per heavy atom. The maximum Gasteiger partial charge on any atom is 0.251 e. The number of nitrogens with zero attached hydrogens (tertiary/aromatic N) is 2. The van der Waals surface area contributed by atoms with E-state index in [4.69, 9.17) is 0 Å². The largest absolute Gasteiger partial charge is 0.348 e.